The quantitative estimate of drug-likeness (QED) is 0.427. The van der Waals surface area contributed by atoms with Crippen LogP contribution >= 0.6 is 23.1 Å². The molecule has 1 aliphatic rings. The smallest absolute Gasteiger partial charge is 0.233 e. The van der Waals surface area contributed by atoms with Crippen LogP contribution in [0.4, 0.5) is 0 Å². The number of thiophene rings is 1. The van der Waals surface area contributed by atoms with Crippen molar-refractivity contribution in [3.8, 4) is 0 Å². The van der Waals surface area contributed by atoms with Crippen LogP contribution in [0, 0.1) is 0 Å². The molecule has 3 rings (SSSR count). The van der Waals surface area contributed by atoms with Gasteiger partial charge in [0.25, 0.3) is 0 Å². The third-order valence-corrected chi connectivity index (χ3v) is 6.91. The monoisotopic (exact) mass is 418 g/mol. The van der Waals surface area contributed by atoms with Gasteiger partial charge in [-0.25, -0.2) is 0 Å². The molecule has 0 bridgehead atoms. The van der Waals surface area contributed by atoms with Gasteiger partial charge in [-0.15, -0.1) is 21.5 Å². The molecule has 0 atom stereocenters. The highest BCUT2D eigenvalue weighted by Gasteiger charge is 2.24. The third kappa shape index (κ3) is 5.47. The molecule has 0 radical (unpaired) electrons. The van der Waals surface area contributed by atoms with E-state index in [1.54, 1.807) is 11.3 Å². The Bertz CT molecular complexity index is 778. The fourth-order valence-electron chi connectivity index (χ4n) is 3.72. The molecule has 1 aliphatic carbocycles. The number of nitrogens with zero attached hydrogens (tertiary/aromatic N) is 4. The van der Waals surface area contributed by atoms with Gasteiger partial charge in [0, 0.05) is 30.4 Å². The molecule has 2 aromatic heterocycles. The topological polar surface area (TPSA) is 51.0 Å². The number of carbonyl (C=O) groups excluding carboxylic acids is 1. The fourth-order valence-corrected chi connectivity index (χ4v) is 5.35. The van der Waals surface area contributed by atoms with Crippen LogP contribution in [0.2, 0.25) is 0 Å². The molecule has 1 fully saturated rings. The summed E-state index contributed by atoms with van der Waals surface area (Å²) in [6.45, 7) is 9.22. The minimum absolute atomic E-state index is 0.133. The number of hydrogen-bond donors (Lipinski definition) is 0. The highest BCUT2D eigenvalue weighted by molar-refractivity contribution is 7.99. The van der Waals surface area contributed by atoms with E-state index in [9.17, 15) is 4.79 Å². The van der Waals surface area contributed by atoms with Crippen molar-refractivity contribution < 1.29 is 4.79 Å². The molecule has 2 aromatic rings. The second-order valence-electron chi connectivity index (χ2n) is 7.47. The van der Waals surface area contributed by atoms with Gasteiger partial charge in [0.05, 0.1) is 5.75 Å². The van der Waals surface area contributed by atoms with E-state index in [1.807, 2.05) is 18.7 Å². The summed E-state index contributed by atoms with van der Waals surface area (Å²) in [5.74, 6) is 1.55. The zero-order chi connectivity index (χ0) is 19.9. The lowest BCUT2D eigenvalue weighted by atomic mass is 9.95. The van der Waals surface area contributed by atoms with Gasteiger partial charge in [0.2, 0.25) is 5.91 Å². The SMILES string of the molecule is C=C(C)CN(CC)C(=O)CSc1nnc(Cc2cccs2)n1C1CCCCC1. The molecule has 1 amide bonds. The van der Waals surface area contributed by atoms with Crippen LogP contribution in [0.1, 0.15) is 62.7 Å². The van der Waals surface area contributed by atoms with Crippen LogP contribution in [0.15, 0.2) is 34.8 Å². The predicted molar refractivity (Wildman–Crippen MR) is 117 cm³/mol. The molecule has 2 heterocycles. The molecule has 28 heavy (non-hydrogen) atoms. The van der Waals surface area contributed by atoms with E-state index in [2.05, 4.69) is 38.9 Å². The minimum atomic E-state index is 0.133. The zero-order valence-corrected chi connectivity index (χ0v) is 18.5. The minimum Gasteiger partial charge on any atom is -0.338 e. The average Bonchev–Trinajstić information content (AvgIpc) is 3.35. The van der Waals surface area contributed by atoms with Crippen LogP contribution in [0.25, 0.3) is 0 Å². The first-order valence-corrected chi connectivity index (χ1v) is 12.0. The van der Waals surface area contributed by atoms with Gasteiger partial charge in [-0.05, 0) is 38.1 Å². The van der Waals surface area contributed by atoms with Crippen molar-refractivity contribution >= 4 is 29.0 Å². The lowest BCUT2D eigenvalue weighted by Gasteiger charge is -2.26. The molecule has 1 saturated carbocycles. The molecule has 0 unspecified atom stereocenters. The zero-order valence-electron chi connectivity index (χ0n) is 16.9. The molecular weight excluding hydrogens is 388 g/mol. The van der Waals surface area contributed by atoms with Crippen molar-refractivity contribution in [1.82, 2.24) is 19.7 Å². The Kier molecular flexibility index (Phi) is 7.73. The second-order valence-corrected chi connectivity index (χ2v) is 9.45. The van der Waals surface area contributed by atoms with E-state index < -0.39 is 0 Å². The van der Waals surface area contributed by atoms with E-state index in [1.165, 1.54) is 48.7 Å². The fraction of sp³-hybridized carbons (Fsp3) is 0.571. The van der Waals surface area contributed by atoms with Crippen LogP contribution in [-0.4, -0.2) is 44.4 Å². The maximum Gasteiger partial charge on any atom is 0.233 e. The van der Waals surface area contributed by atoms with Gasteiger partial charge < -0.3 is 9.47 Å². The maximum atomic E-state index is 12.6. The first-order chi connectivity index (χ1) is 13.6. The van der Waals surface area contributed by atoms with Gasteiger partial charge in [-0.2, -0.15) is 0 Å². The Morgan fingerprint density at radius 1 is 1.36 bits per heavy atom. The number of carbonyl (C=O) groups is 1. The van der Waals surface area contributed by atoms with Crippen LogP contribution in [-0.2, 0) is 11.2 Å². The van der Waals surface area contributed by atoms with Crippen molar-refractivity contribution in [2.24, 2.45) is 0 Å². The highest BCUT2D eigenvalue weighted by Crippen LogP contribution is 2.33. The molecule has 7 heteroatoms. The van der Waals surface area contributed by atoms with E-state index in [4.69, 9.17) is 0 Å². The summed E-state index contributed by atoms with van der Waals surface area (Å²) in [6.07, 6.45) is 6.99. The van der Waals surface area contributed by atoms with E-state index in [-0.39, 0.29) is 5.91 Å². The lowest BCUT2D eigenvalue weighted by molar-refractivity contribution is -0.127. The summed E-state index contributed by atoms with van der Waals surface area (Å²) >= 11 is 3.28. The Labute approximate surface area is 176 Å². The number of amides is 1. The number of aromatic nitrogens is 3. The van der Waals surface area contributed by atoms with E-state index in [0.29, 0.717) is 24.9 Å². The molecule has 0 spiro atoms. The molecule has 5 nitrogen and oxygen atoms in total. The van der Waals surface area contributed by atoms with Crippen LogP contribution in [0.5, 0.6) is 0 Å². The average molecular weight is 419 g/mol. The lowest BCUT2D eigenvalue weighted by Crippen LogP contribution is -2.33. The second kappa shape index (κ2) is 10.3. The molecule has 0 saturated heterocycles. The first-order valence-electron chi connectivity index (χ1n) is 10.1. The molecular formula is C21H30N4OS2. The van der Waals surface area contributed by atoms with Gasteiger partial charge in [-0.3, -0.25) is 4.79 Å². The summed E-state index contributed by atoms with van der Waals surface area (Å²) < 4.78 is 2.33. The van der Waals surface area contributed by atoms with Crippen molar-refractivity contribution in [3.63, 3.8) is 0 Å². The highest BCUT2D eigenvalue weighted by atomic mass is 32.2. The summed E-state index contributed by atoms with van der Waals surface area (Å²) in [7, 11) is 0. The van der Waals surface area contributed by atoms with Crippen molar-refractivity contribution in [2.75, 3.05) is 18.8 Å². The predicted octanol–water partition coefficient (Wildman–Crippen LogP) is 4.95. The van der Waals surface area contributed by atoms with Gasteiger partial charge >= 0.3 is 0 Å². The molecule has 0 aromatic carbocycles. The standard InChI is InChI=1S/C21H30N4OS2/c1-4-24(14-16(2)3)20(26)15-28-21-23-22-19(13-18-11-8-12-27-18)25(21)17-9-6-5-7-10-17/h8,11-12,17H,2,4-7,9-10,13-15H2,1,3H3. The molecule has 152 valence electrons. The van der Waals surface area contributed by atoms with Gasteiger partial charge in [-0.1, -0.05) is 49.2 Å². The maximum absolute atomic E-state index is 12.6. The summed E-state index contributed by atoms with van der Waals surface area (Å²) in [4.78, 5) is 15.8. The van der Waals surface area contributed by atoms with E-state index in [0.717, 1.165) is 23.0 Å². The number of thioether (sulfide) groups is 1. The van der Waals surface area contributed by atoms with Gasteiger partial charge in [0.1, 0.15) is 5.82 Å². The van der Waals surface area contributed by atoms with Crippen molar-refractivity contribution in [2.45, 2.75) is 63.6 Å². The normalized spacial score (nSPS) is 14.9. The number of likely N-dealkylation sites (N-methyl/N-ethyl adjacent to an activating group) is 1. The van der Waals surface area contributed by atoms with Crippen molar-refractivity contribution in [1.29, 1.82) is 0 Å². The summed E-state index contributed by atoms with van der Waals surface area (Å²) in [5, 5.41) is 12.0. The molecule has 0 N–H and O–H groups in total. The Hall–Kier alpha value is -1.60. The number of rotatable bonds is 9. The summed E-state index contributed by atoms with van der Waals surface area (Å²) in [5.41, 5.74) is 1.00. The van der Waals surface area contributed by atoms with Crippen molar-refractivity contribution in [3.05, 3.63) is 40.4 Å². The first kappa shape index (κ1) is 21.1. The molecule has 0 aliphatic heterocycles. The van der Waals surface area contributed by atoms with E-state index >= 15 is 0 Å². The van der Waals surface area contributed by atoms with Gasteiger partial charge in [0.15, 0.2) is 5.16 Å². The van der Waals surface area contributed by atoms with Crippen LogP contribution in [0.3, 0.4) is 0 Å². The number of hydrogen-bond acceptors (Lipinski definition) is 5. The largest absolute Gasteiger partial charge is 0.338 e. The Morgan fingerprint density at radius 2 is 2.14 bits per heavy atom. The van der Waals surface area contributed by atoms with Crippen LogP contribution < -0.4 is 0 Å². The Balaban J connectivity index is 1.75. The Morgan fingerprint density at radius 3 is 2.79 bits per heavy atom. The third-order valence-electron chi connectivity index (χ3n) is 5.11. The summed E-state index contributed by atoms with van der Waals surface area (Å²) in [6, 6.07) is 4.68.